The van der Waals surface area contributed by atoms with Crippen molar-refractivity contribution in [2.45, 2.75) is 18.1 Å². The van der Waals surface area contributed by atoms with Crippen LogP contribution >= 0.6 is 11.3 Å². The van der Waals surface area contributed by atoms with E-state index < -0.39 is 22.0 Å². The molecular weight excluding hydrogens is 468 g/mol. The smallest absolute Gasteiger partial charge is 0.340 e. The van der Waals surface area contributed by atoms with Crippen LogP contribution in [0, 0.1) is 13.8 Å². The van der Waals surface area contributed by atoms with E-state index in [1.807, 2.05) is 0 Å². The number of methoxy groups -OCH3 is 3. The van der Waals surface area contributed by atoms with Gasteiger partial charge in [-0.3, -0.25) is 9.71 Å². The lowest BCUT2D eigenvalue weighted by Crippen LogP contribution is -2.16. The van der Waals surface area contributed by atoms with Gasteiger partial charge in [0.15, 0.2) is 0 Å². The zero-order valence-electron chi connectivity index (χ0n) is 18.6. The zero-order valence-corrected chi connectivity index (χ0v) is 20.2. The van der Waals surface area contributed by atoms with Gasteiger partial charge in [0.05, 0.1) is 43.8 Å². The fraction of sp³-hybridized carbons (Fsp3) is 0.227. The first-order valence-electron chi connectivity index (χ1n) is 9.56. The van der Waals surface area contributed by atoms with Crippen molar-refractivity contribution in [2.75, 3.05) is 26.1 Å². The standard InChI is InChI=1S/C22H22N2O7S2/c1-12-18(21(25)30-4)20(19(13(2)23-12)22(26)31-5)14-10-17(32-11-14)33(27,28)24-15-6-8-16(29-3)9-7-15/h6-11,24H,1-5H3. The number of sulfonamides is 1. The highest BCUT2D eigenvalue weighted by Crippen LogP contribution is 2.36. The topological polar surface area (TPSA) is 121 Å². The summed E-state index contributed by atoms with van der Waals surface area (Å²) in [7, 11) is 0.00362. The van der Waals surface area contributed by atoms with Crippen LogP contribution in [0.25, 0.3) is 11.1 Å². The van der Waals surface area contributed by atoms with Crippen molar-refractivity contribution in [2.24, 2.45) is 0 Å². The Balaban J connectivity index is 2.12. The van der Waals surface area contributed by atoms with Crippen LogP contribution < -0.4 is 9.46 Å². The third-order valence-electron chi connectivity index (χ3n) is 4.81. The van der Waals surface area contributed by atoms with Crippen molar-refractivity contribution < 1.29 is 32.2 Å². The average Bonchev–Trinajstić information content (AvgIpc) is 3.29. The predicted octanol–water partition coefficient (Wildman–Crippen LogP) is 3.81. The summed E-state index contributed by atoms with van der Waals surface area (Å²) in [6.45, 7) is 3.22. The summed E-state index contributed by atoms with van der Waals surface area (Å²) in [4.78, 5) is 29.4. The van der Waals surface area contributed by atoms with Gasteiger partial charge < -0.3 is 14.2 Å². The predicted molar refractivity (Wildman–Crippen MR) is 124 cm³/mol. The molecule has 2 aromatic heterocycles. The van der Waals surface area contributed by atoms with Crippen molar-refractivity contribution >= 4 is 39.0 Å². The molecule has 0 fully saturated rings. The van der Waals surface area contributed by atoms with Gasteiger partial charge in [-0.25, -0.2) is 18.0 Å². The molecule has 33 heavy (non-hydrogen) atoms. The summed E-state index contributed by atoms with van der Waals surface area (Å²) >= 11 is 0.946. The number of anilines is 1. The number of aryl methyl sites for hydroxylation is 2. The van der Waals surface area contributed by atoms with Gasteiger partial charge >= 0.3 is 11.9 Å². The second-order valence-corrected chi connectivity index (χ2v) is 9.70. The number of benzene rings is 1. The van der Waals surface area contributed by atoms with Gasteiger partial charge in [0, 0.05) is 16.6 Å². The SMILES string of the molecule is COC(=O)c1c(C)nc(C)c(C(=O)OC)c1-c1csc(S(=O)(=O)Nc2ccc(OC)cc2)c1. The van der Waals surface area contributed by atoms with E-state index >= 15 is 0 Å². The monoisotopic (exact) mass is 490 g/mol. The van der Waals surface area contributed by atoms with Crippen molar-refractivity contribution in [1.82, 2.24) is 4.98 Å². The number of esters is 2. The number of rotatable bonds is 7. The number of nitrogens with one attached hydrogen (secondary N) is 1. The molecule has 11 heteroatoms. The Morgan fingerprint density at radius 1 is 0.939 bits per heavy atom. The number of carbonyl (C=O) groups is 2. The summed E-state index contributed by atoms with van der Waals surface area (Å²) in [6.07, 6.45) is 0. The lowest BCUT2D eigenvalue weighted by Gasteiger charge is -2.15. The summed E-state index contributed by atoms with van der Waals surface area (Å²) in [5.41, 5.74) is 1.72. The minimum Gasteiger partial charge on any atom is -0.497 e. The van der Waals surface area contributed by atoms with Crippen LogP contribution in [0.15, 0.2) is 39.9 Å². The van der Waals surface area contributed by atoms with Crippen LogP contribution in [0.5, 0.6) is 5.75 Å². The maximum Gasteiger partial charge on any atom is 0.340 e. The minimum atomic E-state index is -3.94. The number of nitrogens with zero attached hydrogens (tertiary/aromatic N) is 1. The largest absolute Gasteiger partial charge is 0.497 e. The molecule has 0 atom stereocenters. The van der Waals surface area contributed by atoms with Gasteiger partial charge in [-0.1, -0.05) is 0 Å². The van der Waals surface area contributed by atoms with Gasteiger partial charge in [-0.2, -0.15) is 0 Å². The second kappa shape index (κ2) is 9.59. The van der Waals surface area contributed by atoms with Crippen LogP contribution in [0.1, 0.15) is 32.1 Å². The maximum atomic E-state index is 13.0. The van der Waals surface area contributed by atoms with Crippen LogP contribution in [0.2, 0.25) is 0 Å². The highest BCUT2D eigenvalue weighted by molar-refractivity contribution is 7.94. The molecule has 0 bridgehead atoms. The molecule has 2 heterocycles. The van der Waals surface area contributed by atoms with Crippen molar-refractivity contribution in [3.8, 4) is 16.9 Å². The fourth-order valence-electron chi connectivity index (χ4n) is 3.30. The Morgan fingerprint density at radius 2 is 1.48 bits per heavy atom. The zero-order chi connectivity index (χ0) is 24.3. The molecule has 0 unspecified atom stereocenters. The van der Waals surface area contributed by atoms with E-state index in [2.05, 4.69) is 9.71 Å². The van der Waals surface area contributed by atoms with Crippen LogP contribution in [-0.4, -0.2) is 46.7 Å². The van der Waals surface area contributed by atoms with Crippen molar-refractivity contribution in [3.63, 3.8) is 0 Å². The first kappa shape index (κ1) is 24.2. The molecule has 3 aromatic rings. The number of hydrogen-bond donors (Lipinski definition) is 1. The van der Waals surface area contributed by atoms with E-state index in [-0.39, 0.29) is 20.9 Å². The Labute approximate surface area is 195 Å². The first-order chi connectivity index (χ1) is 15.6. The Morgan fingerprint density at radius 3 is 1.97 bits per heavy atom. The number of carbonyl (C=O) groups excluding carboxylic acids is 2. The third-order valence-corrected chi connectivity index (χ3v) is 7.63. The Bertz CT molecular complexity index is 1270. The van der Waals surface area contributed by atoms with Gasteiger partial charge in [0.2, 0.25) is 0 Å². The number of pyridine rings is 1. The molecule has 0 saturated carbocycles. The number of aromatic nitrogens is 1. The maximum absolute atomic E-state index is 13.0. The summed E-state index contributed by atoms with van der Waals surface area (Å²) in [5.74, 6) is -0.815. The van der Waals surface area contributed by atoms with Crippen molar-refractivity contribution in [1.29, 1.82) is 0 Å². The second-order valence-electron chi connectivity index (χ2n) is 6.88. The normalized spacial score (nSPS) is 11.1. The van der Waals surface area contributed by atoms with E-state index in [9.17, 15) is 18.0 Å². The highest BCUT2D eigenvalue weighted by Gasteiger charge is 2.29. The molecule has 0 radical (unpaired) electrons. The number of hydrogen-bond acceptors (Lipinski definition) is 9. The van der Waals surface area contributed by atoms with Crippen molar-refractivity contribution in [3.05, 3.63) is 58.2 Å². The molecule has 0 saturated heterocycles. The molecule has 0 aliphatic carbocycles. The van der Waals surface area contributed by atoms with Crippen LogP contribution in [0.3, 0.4) is 0 Å². The molecule has 0 aliphatic rings. The number of ether oxygens (including phenoxy) is 3. The first-order valence-corrected chi connectivity index (χ1v) is 11.9. The summed E-state index contributed by atoms with van der Waals surface area (Å²) < 4.78 is 43.3. The highest BCUT2D eigenvalue weighted by atomic mass is 32.2. The molecule has 0 spiro atoms. The summed E-state index contributed by atoms with van der Waals surface area (Å²) in [6, 6.07) is 7.80. The minimum absolute atomic E-state index is 0.00734. The molecule has 1 N–H and O–H groups in total. The molecule has 1 aromatic carbocycles. The van der Waals surface area contributed by atoms with Gasteiger partial charge in [0.25, 0.3) is 10.0 Å². The molecule has 0 amide bonds. The van der Waals surface area contributed by atoms with Gasteiger partial charge in [-0.05, 0) is 49.7 Å². The van der Waals surface area contributed by atoms with E-state index in [0.717, 1.165) is 11.3 Å². The van der Waals surface area contributed by atoms with E-state index in [1.165, 1.54) is 27.4 Å². The molecule has 174 valence electrons. The third kappa shape index (κ3) is 4.83. The molecule has 3 rings (SSSR count). The lowest BCUT2D eigenvalue weighted by molar-refractivity contribution is 0.0599. The number of thiophene rings is 1. The van der Waals surface area contributed by atoms with E-state index in [0.29, 0.717) is 28.4 Å². The van der Waals surface area contributed by atoms with Crippen LogP contribution in [-0.2, 0) is 19.5 Å². The average molecular weight is 491 g/mol. The Kier molecular flexibility index (Phi) is 7.04. The van der Waals surface area contributed by atoms with E-state index in [4.69, 9.17) is 14.2 Å². The molecule has 9 nitrogen and oxygen atoms in total. The van der Waals surface area contributed by atoms with Gasteiger partial charge in [0.1, 0.15) is 9.96 Å². The van der Waals surface area contributed by atoms with Gasteiger partial charge in [-0.15, -0.1) is 11.3 Å². The fourth-order valence-corrected chi connectivity index (χ4v) is 5.52. The molecular formula is C22H22N2O7S2. The van der Waals surface area contributed by atoms with E-state index in [1.54, 1.807) is 43.5 Å². The van der Waals surface area contributed by atoms with Crippen LogP contribution in [0.4, 0.5) is 5.69 Å². The lowest BCUT2D eigenvalue weighted by atomic mass is 9.94. The Hall–Kier alpha value is -3.44. The summed E-state index contributed by atoms with van der Waals surface area (Å²) in [5, 5.41) is 1.55. The molecule has 0 aliphatic heterocycles. The quantitative estimate of drug-likeness (QED) is 0.496.